The van der Waals surface area contributed by atoms with E-state index < -0.39 is 5.97 Å². The van der Waals surface area contributed by atoms with E-state index in [2.05, 4.69) is 0 Å². The van der Waals surface area contributed by atoms with Gasteiger partial charge in [-0.2, -0.15) is 5.26 Å². The average molecular weight is 207 g/mol. The number of ether oxygens (including phenoxy) is 1. The summed E-state index contributed by atoms with van der Waals surface area (Å²) in [5, 5.41) is 8.83. The molecule has 0 N–H and O–H groups in total. The minimum Gasteiger partial charge on any atom is -0.462 e. The average Bonchev–Trinajstić information content (AvgIpc) is 2.27. The molecule has 15 heavy (non-hydrogen) atoms. The van der Waals surface area contributed by atoms with Gasteiger partial charge < -0.3 is 4.74 Å². The lowest BCUT2D eigenvalue weighted by molar-refractivity contribution is -0.138. The fraction of sp³-hybridized carbons (Fsp3) is 0.667. The molecule has 0 amide bonds. The largest absolute Gasteiger partial charge is 0.462 e. The number of nitrogens with zero attached hydrogens (tertiary/aromatic N) is 1. The van der Waals surface area contributed by atoms with E-state index in [0.29, 0.717) is 12.5 Å². The zero-order valence-corrected chi connectivity index (χ0v) is 9.16. The van der Waals surface area contributed by atoms with Crippen molar-refractivity contribution in [3.63, 3.8) is 0 Å². The summed E-state index contributed by atoms with van der Waals surface area (Å²) in [6.45, 7) is 2.07. The number of allylic oxidation sites excluding steroid dienone is 1. The first-order valence-corrected chi connectivity index (χ1v) is 5.57. The first-order valence-electron chi connectivity index (χ1n) is 5.57. The first-order chi connectivity index (χ1) is 7.27. The van der Waals surface area contributed by atoms with Crippen molar-refractivity contribution >= 4 is 5.97 Å². The smallest absolute Gasteiger partial charge is 0.348 e. The Morgan fingerprint density at radius 3 is 2.67 bits per heavy atom. The number of hydrogen-bond acceptors (Lipinski definition) is 3. The third kappa shape index (κ3) is 3.75. The quantitative estimate of drug-likeness (QED) is 0.406. The van der Waals surface area contributed by atoms with Crippen molar-refractivity contribution in [2.75, 3.05) is 6.61 Å². The zero-order valence-electron chi connectivity index (χ0n) is 9.16. The van der Waals surface area contributed by atoms with Crippen LogP contribution in [0.25, 0.3) is 0 Å². The lowest BCUT2D eigenvalue weighted by atomic mass is 9.88. The highest BCUT2D eigenvalue weighted by atomic mass is 16.5. The molecular weight excluding hydrogens is 190 g/mol. The van der Waals surface area contributed by atoms with Crippen LogP contribution in [-0.4, -0.2) is 12.6 Å². The highest BCUT2D eigenvalue weighted by Gasteiger charge is 2.16. The molecular formula is C12H17NO2. The van der Waals surface area contributed by atoms with Crippen LogP contribution in [0, 0.1) is 17.2 Å². The second-order valence-electron chi connectivity index (χ2n) is 3.81. The summed E-state index contributed by atoms with van der Waals surface area (Å²) >= 11 is 0. The van der Waals surface area contributed by atoms with Crippen molar-refractivity contribution in [2.24, 2.45) is 5.92 Å². The molecule has 0 aliphatic heterocycles. The molecule has 0 aromatic carbocycles. The summed E-state index contributed by atoms with van der Waals surface area (Å²) in [6.07, 6.45) is 7.63. The van der Waals surface area contributed by atoms with Crippen molar-refractivity contribution in [1.82, 2.24) is 0 Å². The molecule has 0 atom stereocenters. The summed E-state index contributed by atoms with van der Waals surface area (Å²) in [7, 11) is 0. The van der Waals surface area contributed by atoms with Gasteiger partial charge in [0, 0.05) is 0 Å². The predicted molar refractivity (Wildman–Crippen MR) is 56.9 cm³/mol. The molecule has 0 spiro atoms. The number of rotatable bonds is 3. The van der Waals surface area contributed by atoms with Gasteiger partial charge in [-0.25, -0.2) is 4.79 Å². The highest BCUT2D eigenvalue weighted by Crippen LogP contribution is 2.25. The SMILES string of the molecule is CCOC(=O)/C(C#N)=C\C1CCCCC1. The second kappa shape index (κ2) is 6.23. The van der Waals surface area contributed by atoms with Crippen LogP contribution in [0.1, 0.15) is 39.0 Å². The molecule has 0 aromatic rings. The number of carbonyl (C=O) groups excluding carboxylic acids is 1. The Kier molecular flexibility index (Phi) is 4.89. The minimum atomic E-state index is -0.481. The van der Waals surface area contributed by atoms with Crippen LogP contribution in [0.2, 0.25) is 0 Å². The van der Waals surface area contributed by atoms with E-state index >= 15 is 0 Å². The molecule has 1 fully saturated rings. The minimum absolute atomic E-state index is 0.170. The number of esters is 1. The van der Waals surface area contributed by atoms with E-state index in [1.165, 1.54) is 19.3 Å². The van der Waals surface area contributed by atoms with Gasteiger partial charge in [-0.1, -0.05) is 25.3 Å². The molecule has 3 heteroatoms. The first kappa shape index (κ1) is 11.8. The Hall–Kier alpha value is -1.30. The maximum Gasteiger partial charge on any atom is 0.348 e. The van der Waals surface area contributed by atoms with E-state index in [-0.39, 0.29) is 5.57 Å². The molecule has 0 bridgehead atoms. The summed E-state index contributed by atoms with van der Waals surface area (Å²) in [6, 6.07) is 1.92. The van der Waals surface area contributed by atoms with E-state index in [0.717, 1.165) is 12.8 Å². The van der Waals surface area contributed by atoms with Gasteiger partial charge >= 0.3 is 5.97 Å². The molecule has 0 unspecified atom stereocenters. The van der Waals surface area contributed by atoms with E-state index in [4.69, 9.17) is 10.00 Å². The van der Waals surface area contributed by atoms with E-state index in [9.17, 15) is 4.79 Å². The Bertz CT molecular complexity index is 282. The van der Waals surface area contributed by atoms with Crippen LogP contribution in [0.3, 0.4) is 0 Å². The van der Waals surface area contributed by atoms with Gasteiger partial charge in [-0.3, -0.25) is 0 Å². The summed E-state index contributed by atoms with van der Waals surface area (Å²) < 4.78 is 4.81. The van der Waals surface area contributed by atoms with Crippen molar-refractivity contribution in [3.8, 4) is 6.07 Å². The summed E-state index contributed by atoms with van der Waals surface area (Å²) in [5.74, 6) is -0.0941. The molecule has 1 aliphatic carbocycles. The van der Waals surface area contributed by atoms with Crippen LogP contribution < -0.4 is 0 Å². The Morgan fingerprint density at radius 2 is 2.13 bits per heavy atom. The molecule has 1 rings (SSSR count). The molecule has 0 saturated heterocycles. The van der Waals surface area contributed by atoms with Crippen LogP contribution in [0.5, 0.6) is 0 Å². The monoisotopic (exact) mass is 207 g/mol. The number of nitriles is 1. The number of hydrogen-bond donors (Lipinski definition) is 0. The maximum absolute atomic E-state index is 11.3. The Labute approximate surface area is 90.7 Å². The molecule has 82 valence electrons. The standard InChI is InChI=1S/C12H17NO2/c1-2-15-12(14)11(9-13)8-10-6-4-3-5-7-10/h8,10H,2-7H2,1H3/b11-8-. The third-order valence-corrected chi connectivity index (χ3v) is 2.67. The maximum atomic E-state index is 11.3. The zero-order chi connectivity index (χ0) is 11.1. The van der Waals surface area contributed by atoms with Gasteiger partial charge in [0.15, 0.2) is 0 Å². The van der Waals surface area contributed by atoms with E-state index in [1.54, 1.807) is 13.0 Å². The van der Waals surface area contributed by atoms with Gasteiger partial charge in [-0.05, 0) is 25.7 Å². The van der Waals surface area contributed by atoms with E-state index in [1.807, 2.05) is 6.07 Å². The lowest BCUT2D eigenvalue weighted by Gasteiger charge is -2.18. The van der Waals surface area contributed by atoms with Gasteiger partial charge in [0.25, 0.3) is 0 Å². The fourth-order valence-corrected chi connectivity index (χ4v) is 1.90. The summed E-state index contributed by atoms with van der Waals surface area (Å²) in [4.78, 5) is 11.3. The highest BCUT2D eigenvalue weighted by molar-refractivity contribution is 5.92. The van der Waals surface area contributed by atoms with Gasteiger partial charge in [0.2, 0.25) is 0 Å². The van der Waals surface area contributed by atoms with Gasteiger partial charge in [0.05, 0.1) is 6.61 Å². The summed E-state index contributed by atoms with van der Waals surface area (Å²) in [5.41, 5.74) is 0.170. The van der Waals surface area contributed by atoms with Crippen LogP contribution in [0.4, 0.5) is 0 Å². The van der Waals surface area contributed by atoms with Crippen molar-refractivity contribution in [3.05, 3.63) is 11.6 Å². The Morgan fingerprint density at radius 1 is 1.47 bits per heavy atom. The van der Waals surface area contributed by atoms with Crippen molar-refractivity contribution in [1.29, 1.82) is 5.26 Å². The molecule has 0 radical (unpaired) electrons. The van der Waals surface area contributed by atoms with Gasteiger partial charge in [0.1, 0.15) is 11.6 Å². The lowest BCUT2D eigenvalue weighted by Crippen LogP contribution is -2.10. The normalized spacial score (nSPS) is 18.3. The molecule has 0 aromatic heterocycles. The van der Waals surface area contributed by atoms with Crippen LogP contribution in [-0.2, 0) is 9.53 Å². The molecule has 0 heterocycles. The number of carbonyl (C=O) groups is 1. The third-order valence-electron chi connectivity index (χ3n) is 2.67. The second-order valence-corrected chi connectivity index (χ2v) is 3.81. The fourth-order valence-electron chi connectivity index (χ4n) is 1.90. The van der Waals surface area contributed by atoms with Crippen LogP contribution in [0.15, 0.2) is 11.6 Å². The molecule has 3 nitrogen and oxygen atoms in total. The predicted octanol–water partition coefficient (Wildman–Crippen LogP) is 2.58. The molecule has 1 saturated carbocycles. The molecule has 1 aliphatic rings. The van der Waals surface area contributed by atoms with Gasteiger partial charge in [-0.15, -0.1) is 0 Å². The van der Waals surface area contributed by atoms with Crippen molar-refractivity contribution < 1.29 is 9.53 Å². The van der Waals surface area contributed by atoms with Crippen molar-refractivity contribution in [2.45, 2.75) is 39.0 Å². The Balaban J connectivity index is 2.60. The topological polar surface area (TPSA) is 50.1 Å². The van der Waals surface area contributed by atoms with Crippen LogP contribution >= 0.6 is 0 Å².